The number of rotatable bonds is 9. The Morgan fingerprint density at radius 1 is 0.194 bits per heavy atom. The zero-order chi connectivity index (χ0) is 47.8. The van der Waals surface area contributed by atoms with E-state index in [2.05, 4.69) is 133 Å². The molecule has 0 saturated carbocycles. The molecule has 0 amide bonds. The van der Waals surface area contributed by atoms with Gasteiger partial charge in [-0.05, 0) is 100 Å². The van der Waals surface area contributed by atoms with Crippen LogP contribution < -0.4 is 0 Å². The van der Waals surface area contributed by atoms with E-state index in [4.69, 9.17) is 29.9 Å². The Bertz CT molecular complexity index is 3680. The first kappa shape index (κ1) is 41.9. The molecule has 72 heavy (non-hydrogen) atoms. The van der Waals surface area contributed by atoms with E-state index in [1.807, 2.05) is 78.9 Å². The van der Waals surface area contributed by atoms with Gasteiger partial charge in [-0.1, -0.05) is 115 Å². The number of nitrogens with zero attached hydrogens (tertiary/aromatic N) is 12. The van der Waals surface area contributed by atoms with Crippen molar-refractivity contribution in [3.05, 3.63) is 219 Å². The third-order valence-corrected chi connectivity index (χ3v) is 12.5. The topological polar surface area (TPSA) is 155 Å². The van der Waals surface area contributed by atoms with Gasteiger partial charge in [-0.2, -0.15) is 0 Å². The minimum atomic E-state index is 0.458. The van der Waals surface area contributed by atoms with Gasteiger partial charge in [0, 0.05) is 59.4 Å². The van der Waals surface area contributed by atoms with Crippen LogP contribution in [0.15, 0.2) is 219 Å². The van der Waals surface area contributed by atoms with Crippen LogP contribution >= 0.6 is 0 Å². The van der Waals surface area contributed by atoms with Crippen molar-refractivity contribution in [3.63, 3.8) is 0 Å². The molecule has 0 fully saturated rings. The van der Waals surface area contributed by atoms with Gasteiger partial charge in [-0.15, -0.1) is 0 Å². The third kappa shape index (κ3) is 8.00. The molecule has 0 atom stereocenters. The lowest BCUT2D eigenvalue weighted by Gasteiger charge is -2.14. The maximum atomic E-state index is 5.11. The van der Waals surface area contributed by atoms with Gasteiger partial charge in [0.2, 0.25) is 0 Å². The van der Waals surface area contributed by atoms with E-state index in [9.17, 15) is 0 Å². The number of hydrogen-bond acceptors (Lipinski definition) is 12. The summed E-state index contributed by atoms with van der Waals surface area (Å²) in [6.45, 7) is 0. The summed E-state index contributed by atoms with van der Waals surface area (Å²) in [7, 11) is 0. The average molecular weight is 925 g/mol. The van der Waals surface area contributed by atoms with Crippen molar-refractivity contribution >= 4 is 33.6 Å². The fourth-order valence-electron chi connectivity index (χ4n) is 8.94. The fourth-order valence-corrected chi connectivity index (χ4v) is 8.94. The Hall–Kier alpha value is -10.2. The third-order valence-electron chi connectivity index (χ3n) is 12.5. The van der Waals surface area contributed by atoms with Crippen molar-refractivity contribution in [1.29, 1.82) is 0 Å². The second-order valence-electron chi connectivity index (χ2n) is 17.0. The standard InChI is InChI=1S/C60H36N12/c1-2-10-40(11-3-1)52-51(67-49-14-8-30-63-57(49)69-52)41-22-16-37(17-23-41)44-34-45(38-18-24-42(25-19-38)53-55(47-12-4-6-28-61-47)71-58-50(68-53)15-9-31-64-58)36-46(35-44)39-20-26-43(27-21-39)54-56(48-13-5-7-29-62-48)72-60-59(70-54)65-32-33-66-60/h1-36H. The van der Waals surface area contributed by atoms with Gasteiger partial charge in [0.05, 0.1) is 28.5 Å². The Morgan fingerprint density at radius 2 is 0.528 bits per heavy atom. The molecule has 0 bridgehead atoms. The summed E-state index contributed by atoms with van der Waals surface area (Å²) in [6, 6.07) is 61.5. The van der Waals surface area contributed by atoms with Crippen LogP contribution in [0, 0.1) is 0 Å². The van der Waals surface area contributed by atoms with Crippen LogP contribution in [0.1, 0.15) is 0 Å². The monoisotopic (exact) mass is 924 g/mol. The van der Waals surface area contributed by atoms with Crippen molar-refractivity contribution in [2.75, 3.05) is 0 Å². The fraction of sp³-hybridized carbons (Fsp3) is 0. The highest BCUT2D eigenvalue weighted by Gasteiger charge is 2.19. The quantitative estimate of drug-likeness (QED) is 0.135. The van der Waals surface area contributed by atoms with Gasteiger partial charge in [-0.3, -0.25) is 9.97 Å². The van der Waals surface area contributed by atoms with Crippen molar-refractivity contribution in [3.8, 4) is 101 Å². The molecule has 0 spiro atoms. The van der Waals surface area contributed by atoms with Crippen LogP contribution in [-0.4, -0.2) is 59.8 Å². The van der Waals surface area contributed by atoms with Crippen molar-refractivity contribution in [2.45, 2.75) is 0 Å². The minimum Gasteiger partial charge on any atom is -0.255 e. The Morgan fingerprint density at radius 3 is 0.986 bits per heavy atom. The number of aromatic nitrogens is 12. The summed E-state index contributed by atoms with van der Waals surface area (Å²) in [5, 5.41) is 0. The first-order valence-corrected chi connectivity index (χ1v) is 23.3. The van der Waals surface area contributed by atoms with E-state index in [-0.39, 0.29) is 0 Å². The van der Waals surface area contributed by atoms with Gasteiger partial charge in [0.1, 0.15) is 28.1 Å². The summed E-state index contributed by atoms with van der Waals surface area (Å²) >= 11 is 0. The van der Waals surface area contributed by atoms with Gasteiger partial charge in [-0.25, -0.2) is 49.8 Å². The molecule has 12 heteroatoms. The van der Waals surface area contributed by atoms with Gasteiger partial charge in [0.25, 0.3) is 0 Å². The SMILES string of the molecule is c1ccc(-c2nc3ncccc3nc2-c2ccc(-c3cc(-c4ccc(-c5nc6cccnc6nc5-c5ccccn5)cc4)cc(-c4ccc(-c5nc6nccnc6nc5-c5ccccn5)cc4)c3)cc2)cc1. The van der Waals surface area contributed by atoms with E-state index in [0.717, 1.165) is 83.9 Å². The van der Waals surface area contributed by atoms with Crippen LogP contribution in [0.25, 0.3) is 135 Å². The molecule has 0 aliphatic rings. The Balaban J connectivity index is 0.918. The highest BCUT2D eigenvalue weighted by Crippen LogP contribution is 2.38. The predicted molar refractivity (Wildman–Crippen MR) is 281 cm³/mol. The summed E-state index contributed by atoms with van der Waals surface area (Å²) in [6.07, 6.45) is 10.2. The molecule has 5 aromatic carbocycles. The highest BCUT2D eigenvalue weighted by molar-refractivity contribution is 5.89. The molecule has 8 heterocycles. The summed E-state index contributed by atoms with van der Waals surface area (Å²) in [4.78, 5) is 57.2. The normalized spacial score (nSPS) is 11.3. The van der Waals surface area contributed by atoms with Crippen LogP contribution in [-0.2, 0) is 0 Å². The first-order chi connectivity index (χ1) is 35.6. The number of benzene rings is 5. The summed E-state index contributed by atoms with van der Waals surface area (Å²) in [5.74, 6) is 0. The van der Waals surface area contributed by atoms with Gasteiger partial charge in [0.15, 0.2) is 22.6 Å². The van der Waals surface area contributed by atoms with Crippen LogP contribution in [0.2, 0.25) is 0 Å². The minimum absolute atomic E-state index is 0.458. The largest absolute Gasteiger partial charge is 0.255 e. The van der Waals surface area contributed by atoms with E-state index in [1.54, 1.807) is 37.2 Å². The molecule has 0 N–H and O–H groups in total. The predicted octanol–water partition coefficient (Wildman–Crippen LogP) is 12.9. The maximum absolute atomic E-state index is 5.11. The molecule has 0 saturated heterocycles. The van der Waals surface area contributed by atoms with E-state index < -0.39 is 0 Å². The van der Waals surface area contributed by atoms with Gasteiger partial charge < -0.3 is 0 Å². The zero-order valence-electron chi connectivity index (χ0n) is 38.2. The van der Waals surface area contributed by atoms with E-state index in [0.29, 0.717) is 50.9 Å². The molecule has 12 nitrogen and oxygen atoms in total. The Kier molecular flexibility index (Phi) is 10.5. The number of hydrogen-bond donors (Lipinski definition) is 0. The molecule has 0 aliphatic heterocycles. The first-order valence-electron chi connectivity index (χ1n) is 23.3. The summed E-state index contributed by atoms with van der Waals surface area (Å²) < 4.78 is 0. The van der Waals surface area contributed by atoms with E-state index >= 15 is 0 Å². The van der Waals surface area contributed by atoms with Gasteiger partial charge >= 0.3 is 0 Å². The molecular weight excluding hydrogens is 889 g/mol. The lowest BCUT2D eigenvalue weighted by atomic mass is 9.91. The van der Waals surface area contributed by atoms with Crippen LogP contribution in [0.5, 0.6) is 0 Å². The molecular formula is C60H36N12. The lowest BCUT2D eigenvalue weighted by molar-refractivity contribution is 1.15. The van der Waals surface area contributed by atoms with Crippen molar-refractivity contribution in [2.24, 2.45) is 0 Å². The molecule has 13 aromatic rings. The highest BCUT2D eigenvalue weighted by atomic mass is 15.0. The Labute approximate surface area is 412 Å². The molecule has 0 aliphatic carbocycles. The molecule has 0 unspecified atom stereocenters. The van der Waals surface area contributed by atoms with Crippen molar-refractivity contribution in [1.82, 2.24) is 59.8 Å². The second kappa shape index (κ2) is 18.0. The van der Waals surface area contributed by atoms with Crippen LogP contribution in [0.3, 0.4) is 0 Å². The number of fused-ring (bicyclic) bond motifs is 3. The van der Waals surface area contributed by atoms with Crippen molar-refractivity contribution < 1.29 is 0 Å². The smallest absolute Gasteiger partial charge is 0.198 e. The molecule has 0 radical (unpaired) electrons. The average Bonchev–Trinajstić information content (AvgIpc) is 3.47. The van der Waals surface area contributed by atoms with E-state index in [1.165, 1.54) is 0 Å². The second-order valence-corrected chi connectivity index (χ2v) is 17.0. The molecule has 336 valence electrons. The zero-order valence-corrected chi connectivity index (χ0v) is 38.2. The number of pyridine rings is 4. The molecule has 8 aromatic heterocycles. The summed E-state index contributed by atoms with van der Waals surface area (Å²) in [5.41, 5.74) is 19.1. The maximum Gasteiger partial charge on any atom is 0.198 e. The molecule has 13 rings (SSSR count). The lowest BCUT2D eigenvalue weighted by Crippen LogP contribution is -1.99. The van der Waals surface area contributed by atoms with Crippen LogP contribution in [0.4, 0.5) is 0 Å².